The van der Waals surface area contributed by atoms with Crippen molar-refractivity contribution in [2.75, 3.05) is 0 Å². The van der Waals surface area contributed by atoms with Gasteiger partial charge in [-0.2, -0.15) is 0 Å². The van der Waals surface area contributed by atoms with E-state index in [1.165, 1.54) is 0 Å². The molecule has 0 aromatic rings. The van der Waals surface area contributed by atoms with Crippen LogP contribution in [0.1, 0.15) is 33.1 Å². The maximum atomic E-state index is 11.6. The van der Waals surface area contributed by atoms with Gasteiger partial charge in [0, 0.05) is 169 Å². The molecule has 0 saturated heterocycles. The van der Waals surface area contributed by atoms with Gasteiger partial charge in [-0.1, -0.05) is 26.0 Å². The summed E-state index contributed by atoms with van der Waals surface area (Å²) in [5, 5.41) is 10.1. The molecule has 5 radical (unpaired) electrons. The number of rotatable bonds is 6. The number of carbonyl (C=O) groups excluding carboxylic acids is 1. The van der Waals surface area contributed by atoms with Crippen LogP contribution in [-0.2, 0) is 168 Å². The zero-order valence-electron chi connectivity index (χ0n) is 13.7. The van der Waals surface area contributed by atoms with E-state index in [4.69, 9.17) is 0 Å². The summed E-state index contributed by atoms with van der Waals surface area (Å²) in [6.45, 7) is 8.10. The van der Waals surface area contributed by atoms with E-state index in [9.17, 15) is 9.90 Å². The van der Waals surface area contributed by atoms with Crippen LogP contribution in [0.15, 0.2) is 24.3 Å². The van der Waals surface area contributed by atoms with Gasteiger partial charge in [-0.05, 0) is 31.3 Å². The van der Waals surface area contributed by atoms with E-state index < -0.39 is 6.10 Å². The molecule has 0 spiro atoms. The van der Waals surface area contributed by atoms with Crippen LogP contribution in [0.5, 0.6) is 0 Å². The van der Waals surface area contributed by atoms with Gasteiger partial charge in [0.1, 0.15) is 0 Å². The Bertz CT molecular complexity index is 321. The molecule has 0 aromatic heterocycles. The van der Waals surface area contributed by atoms with E-state index >= 15 is 0 Å². The van der Waals surface area contributed by atoms with Crippen LogP contribution in [0.2, 0.25) is 0 Å². The van der Waals surface area contributed by atoms with E-state index in [0.29, 0.717) is 12.3 Å². The molecule has 111 valence electrons. The first kappa shape index (κ1) is 37.4. The minimum absolute atomic E-state index is 0. The fraction of sp³-hybridized carbons (Fsp3) is 0.600. The Morgan fingerprint density at radius 2 is 1.77 bits per heavy atom. The van der Waals surface area contributed by atoms with Crippen molar-refractivity contribution in [1.82, 2.24) is 0 Å². The molecule has 0 saturated carbocycles. The number of aliphatic hydroxyl groups is 1. The van der Waals surface area contributed by atoms with Crippen molar-refractivity contribution in [3.63, 3.8) is 0 Å². The molecule has 1 aliphatic rings. The number of allylic oxidation sites excluding steroid dienone is 4. The zero-order valence-corrected chi connectivity index (χ0v) is 27.9. The van der Waals surface area contributed by atoms with Gasteiger partial charge in [-0.15, -0.1) is 12.0 Å². The van der Waals surface area contributed by atoms with Crippen molar-refractivity contribution in [2.24, 2.45) is 17.8 Å². The fourth-order valence-electron chi connectivity index (χ4n) is 2.29. The summed E-state index contributed by atoms with van der Waals surface area (Å²) in [5.74, 6) is 0.0192. The maximum Gasteiger partial charge on any atom is 0.158 e. The minimum Gasteiger partial charge on any atom is -0.392 e. The normalized spacial score (nSPS) is 21.5. The summed E-state index contributed by atoms with van der Waals surface area (Å²) in [6, 6.07) is 0. The minimum atomic E-state index is -0.565. The van der Waals surface area contributed by atoms with Gasteiger partial charge in [0.25, 0.3) is 0 Å². The summed E-state index contributed by atoms with van der Waals surface area (Å²) >= 11 is 0. The monoisotopic (exact) mass is 680 g/mol. The van der Waals surface area contributed by atoms with Crippen LogP contribution in [0, 0.1) is 24.7 Å². The average molecular weight is 680 g/mol. The summed E-state index contributed by atoms with van der Waals surface area (Å²) < 4.78 is 0. The SMILES string of the molecule is [CH2-][C@H]1C=CC(=O)C1C(O)C[C@@H](C)C/C=C\CC.[Y].[Y].[Y].[Y].[Y]. The van der Waals surface area contributed by atoms with E-state index in [1.54, 1.807) is 12.2 Å². The molecule has 7 heteroatoms. The average Bonchev–Trinajstić information content (AvgIpc) is 2.58. The van der Waals surface area contributed by atoms with Gasteiger partial charge in [-0.3, -0.25) is 4.79 Å². The predicted molar refractivity (Wildman–Crippen MR) is 70.3 cm³/mol. The number of hydrogen-bond donors (Lipinski definition) is 1. The van der Waals surface area contributed by atoms with E-state index in [2.05, 4.69) is 32.9 Å². The second-order valence-corrected chi connectivity index (χ2v) is 4.97. The molecule has 22 heavy (non-hydrogen) atoms. The van der Waals surface area contributed by atoms with Gasteiger partial charge in [0.2, 0.25) is 0 Å². The van der Waals surface area contributed by atoms with Gasteiger partial charge in [0.15, 0.2) is 5.78 Å². The smallest absolute Gasteiger partial charge is 0.158 e. The zero-order chi connectivity index (χ0) is 12.8. The third-order valence-corrected chi connectivity index (χ3v) is 3.30. The van der Waals surface area contributed by atoms with Gasteiger partial charge in [-0.25, -0.2) is 0 Å². The van der Waals surface area contributed by atoms with Crippen molar-refractivity contribution in [1.29, 1.82) is 0 Å². The molecule has 1 aliphatic carbocycles. The molecule has 0 bridgehead atoms. The Morgan fingerprint density at radius 1 is 1.23 bits per heavy atom. The van der Waals surface area contributed by atoms with Crippen molar-refractivity contribution in [3.05, 3.63) is 31.2 Å². The third-order valence-electron chi connectivity index (χ3n) is 3.30. The van der Waals surface area contributed by atoms with Gasteiger partial charge >= 0.3 is 0 Å². The Hall–Kier alpha value is 4.63. The van der Waals surface area contributed by atoms with Gasteiger partial charge in [0.05, 0.1) is 6.10 Å². The summed E-state index contributed by atoms with van der Waals surface area (Å²) in [5.41, 5.74) is 0. The van der Waals surface area contributed by atoms with Crippen molar-refractivity contribution < 1.29 is 173 Å². The largest absolute Gasteiger partial charge is 0.392 e. The molecule has 0 aromatic carbocycles. The molecule has 2 nitrogen and oxygen atoms in total. The van der Waals surface area contributed by atoms with Crippen molar-refractivity contribution in [2.45, 2.75) is 39.2 Å². The summed E-state index contributed by atoms with van der Waals surface area (Å²) in [7, 11) is 0. The standard InChI is InChI=1S/C15H23O2.5Y/c1-4-5-6-7-11(2)10-14(17)15-12(3)8-9-13(15)16;;;;;/h5-6,8-9,11-12,14-15,17H,3-4,7,10H2,1-2H3;;;;;/q-1;;;;;/b6-5-;;;;;/t11-,12-,14?,15?;;;;;/m0...../s1. The molecule has 4 atom stereocenters. The number of ketones is 1. The van der Waals surface area contributed by atoms with Crippen LogP contribution in [0.3, 0.4) is 0 Å². The molecule has 2 unspecified atom stereocenters. The third kappa shape index (κ3) is 14.7. The Morgan fingerprint density at radius 3 is 2.18 bits per heavy atom. The van der Waals surface area contributed by atoms with Crippen LogP contribution in [0.25, 0.3) is 0 Å². The van der Waals surface area contributed by atoms with Crippen molar-refractivity contribution >= 4 is 5.78 Å². The molecule has 0 amide bonds. The molecule has 0 heterocycles. The Labute approximate surface area is 261 Å². The van der Waals surface area contributed by atoms with Crippen LogP contribution < -0.4 is 0 Å². The van der Waals surface area contributed by atoms with E-state index in [-0.39, 0.29) is 181 Å². The van der Waals surface area contributed by atoms with Crippen LogP contribution in [-0.4, -0.2) is 17.0 Å². The number of carbonyl (C=O) groups is 1. The number of hydrogen-bond acceptors (Lipinski definition) is 2. The summed E-state index contributed by atoms with van der Waals surface area (Å²) in [4.78, 5) is 11.6. The van der Waals surface area contributed by atoms with Crippen LogP contribution in [0.4, 0.5) is 0 Å². The number of aliphatic hydroxyl groups excluding tert-OH is 1. The second-order valence-electron chi connectivity index (χ2n) is 4.97. The topological polar surface area (TPSA) is 37.3 Å². The predicted octanol–water partition coefficient (Wildman–Crippen LogP) is 2.92. The first-order valence-electron chi connectivity index (χ1n) is 6.44. The summed E-state index contributed by atoms with van der Waals surface area (Å²) in [6.07, 6.45) is 9.72. The Kier molecular flexibility index (Phi) is 37.3. The first-order chi connectivity index (χ1) is 8.06. The van der Waals surface area contributed by atoms with Crippen LogP contribution >= 0.6 is 0 Å². The molecule has 0 aliphatic heterocycles. The molecule has 0 fully saturated rings. The quantitative estimate of drug-likeness (QED) is 0.347. The van der Waals surface area contributed by atoms with E-state index in [1.807, 2.05) is 0 Å². The molecular weight excluding hydrogens is 657 g/mol. The molecule has 1 N–H and O–H groups in total. The molecule has 1 rings (SSSR count). The fourth-order valence-corrected chi connectivity index (χ4v) is 2.29. The maximum absolute atomic E-state index is 11.6. The second kappa shape index (κ2) is 21.9. The van der Waals surface area contributed by atoms with Crippen molar-refractivity contribution in [3.8, 4) is 0 Å². The van der Waals surface area contributed by atoms with E-state index in [0.717, 1.165) is 12.8 Å². The Balaban J connectivity index is -0.000000193. The first-order valence-corrected chi connectivity index (χ1v) is 6.44. The van der Waals surface area contributed by atoms with Gasteiger partial charge < -0.3 is 12.0 Å². The molecular formula is C15H23O2Y5-.